The maximum Gasteiger partial charge on any atom is 0.226 e. The van der Waals surface area contributed by atoms with Gasteiger partial charge >= 0.3 is 0 Å². The minimum absolute atomic E-state index is 0.132. The van der Waals surface area contributed by atoms with E-state index in [1.807, 2.05) is 14.1 Å². The molecule has 7 nitrogen and oxygen atoms in total. The number of nitrogens with one attached hydrogen (secondary N) is 3. The molecule has 7 heteroatoms. The molecule has 8 atom stereocenters. The first-order valence-corrected chi connectivity index (χ1v) is 15.3. The molecule has 0 spiro atoms. The zero-order valence-electron chi connectivity index (χ0n) is 24.0. The number of piperidine rings is 2. The highest BCUT2D eigenvalue weighted by Gasteiger charge is 2.54. The molecule has 3 saturated heterocycles. The number of nitriles is 1. The lowest BCUT2D eigenvalue weighted by Gasteiger charge is -2.50. The van der Waals surface area contributed by atoms with Crippen molar-refractivity contribution in [2.45, 2.75) is 90.3 Å². The van der Waals surface area contributed by atoms with E-state index in [1.165, 1.54) is 44.9 Å². The van der Waals surface area contributed by atoms with Crippen LogP contribution in [0.15, 0.2) is 0 Å². The van der Waals surface area contributed by atoms with E-state index in [0.717, 1.165) is 38.5 Å². The monoisotopic (exact) mass is 512 g/mol. The van der Waals surface area contributed by atoms with Gasteiger partial charge in [0.15, 0.2) is 0 Å². The van der Waals surface area contributed by atoms with Crippen molar-refractivity contribution in [3.05, 3.63) is 0 Å². The van der Waals surface area contributed by atoms with E-state index in [9.17, 15) is 10.1 Å². The summed E-state index contributed by atoms with van der Waals surface area (Å²) < 4.78 is 0. The Morgan fingerprint density at radius 2 is 1.73 bits per heavy atom. The molecule has 2 saturated carbocycles. The fourth-order valence-electron chi connectivity index (χ4n) is 9.16. The van der Waals surface area contributed by atoms with Gasteiger partial charge in [0.05, 0.1) is 17.4 Å². The van der Waals surface area contributed by atoms with Crippen molar-refractivity contribution in [3.63, 3.8) is 0 Å². The molecule has 8 unspecified atom stereocenters. The number of fused-ring (bicyclic) bond motifs is 3. The summed E-state index contributed by atoms with van der Waals surface area (Å²) in [5.74, 6) is 4.42. The summed E-state index contributed by atoms with van der Waals surface area (Å²) >= 11 is 0. The summed E-state index contributed by atoms with van der Waals surface area (Å²) in [7, 11) is 3.79. The van der Waals surface area contributed by atoms with Crippen molar-refractivity contribution >= 4 is 5.91 Å². The van der Waals surface area contributed by atoms with Crippen LogP contribution in [0.25, 0.3) is 0 Å². The third-order valence-corrected chi connectivity index (χ3v) is 11.4. The van der Waals surface area contributed by atoms with Crippen LogP contribution in [-0.2, 0) is 4.79 Å². The maximum atomic E-state index is 12.7. The first kappa shape index (κ1) is 27.4. The van der Waals surface area contributed by atoms with Gasteiger partial charge in [-0.3, -0.25) is 10.2 Å². The van der Waals surface area contributed by atoms with E-state index in [-0.39, 0.29) is 11.3 Å². The van der Waals surface area contributed by atoms with Gasteiger partial charge in [0.2, 0.25) is 5.91 Å². The first-order chi connectivity index (χ1) is 17.7. The SMILES string of the molecule is CCN1NC(C2CCC(C(C)(C)C#N)CC2)C2C3CC(C4CNCC(C(=O)N(C)C)C4)CCC3NCC21. The van der Waals surface area contributed by atoms with Crippen LogP contribution in [0.5, 0.6) is 0 Å². The van der Waals surface area contributed by atoms with Gasteiger partial charge in [-0.1, -0.05) is 6.92 Å². The topological polar surface area (TPSA) is 83.4 Å². The predicted octanol–water partition coefficient (Wildman–Crippen LogP) is 3.24. The van der Waals surface area contributed by atoms with Crippen LogP contribution in [0.3, 0.4) is 0 Å². The van der Waals surface area contributed by atoms with Crippen LogP contribution in [0.2, 0.25) is 0 Å². The number of carbonyl (C=O) groups is 1. The highest BCUT2D eigenvalue weighted by molar-refractivity contribution is 5.78. The third kappa shape index (κ3) is 5.33. The Labute approximate surface area is 225 Å². The summed E-state index contributed by atoms with van der Waals surface area (Å²) in [6, 6.07) is 4.37. The van der Waals surface area contributed by atoms with E-state index in [2.05, 4.69) is 47.9 Å². The smallest absolute Gasteiger partial charge is 0.226 e. The van der Waals surface area contributed by atoms with Gasteiger partial charge in [0.1, 0.15) is 0 Å². The van der Waals surface area contributed by atoms with E-state index < -0.39 is 0 Å². The molecule has 0 radical (unpaired) electrons. The van der Waals surface area contributed by atoms with Crippen LogP contribution in [0.4, 0.5) is 0 Å². The molecule has 3 N–H and O–H groups in total. The second-order valence-electron chi connectivity index (χ2n) is 13.9. The third-order valence-electron chi connectivity index (χ3n) is 11.4. The fraction of sp³-hybridized carbons (Fsp3) is 0.933. The molecular formula is C30H52N6O. The Hall–Kier alpha value is -1.20. The van der Waals surface area contributed by atoms with Gasteiger partial charge in [-0.2, -0.15) is 5.26 Å². The number of carbonyl (C=O) groups excluding carboxylic acids is 1. The zero-order valence-corrected chi connectivity index (χ0v) is 24.0. The molecule has 3 heterocycles. The minimum Gasteiger partial charge on any atom is -0.349 e. The zero-order chi connectivity index (χ0) is 26.3. The van der Waals surface area contributed by atoms with Crippen molar-refractivity contribution in [1.29, 1.82) is 5.26 Å². The van der Waals surface area contributed by atoms with Gasteiger partial charge < -0.3 is 15.5 Å². The molecule has 37 heavy (non-hydrogen) atoms. The number of hydrazine groups is 1. The summed E-state index contributed by atoms with van der Waals surface area (Å²) in [5.41, 5.74) is 3.84. The van der Waals surface area contributed by atoms with Crippen LogP contribution < -0.4 is 16.1 Å². The molecule has 1 amide bonds. The number of amides is 1. The second kappa shape index (κ2) is 11.1. The summed E-state index contributed by atoms with van der Waals surface area (Å²) in [5, 5.41) is 19.8. The number of hydrogen-bond acceptors (Lipinski definition) is 6. The molecule has 0 aromatic heterocycles. The Morgan fingerprint density at radius 3 is 2.41 bits per heavy atom. The first-order valence-electron chi connectivity index (χ1n) is 15.3. The molecule has 2 aliphatic carbocycles. The van der Waals surface area contributed by atoms with E-state index >= 15 is 0 Å². The average Bonchev–Trinajstić information content (AvgIpc) is 3.31. The lowest BCUT2D eigenvalue weighted by atomic mass is 9.60. The predicted molar refractivity (Wildman–Crippen MR) is 147 cm³/mol. The molecule has 0 bridgehead atoms. The van der Waals surface area contributed by atoms with Gasteiger partial charge in [-0.05, 0) is 107 Å². The lowest BCUT2D eigenvalue weighted by molar-refractivity contribution is -0.134. The van der Waals surface area contributed by atoms with Crippen molar-refractivity contribution < 1.29 is 4.79 Å². The van der Waals surface area contributed by atoms with Crippen LogP contribution >= 0.6 is 0 Å². The molecule has 0 aromatic rings. The molecular weight excluding hydrogens is 460 g/mol. The Morgan fingerprint density at radius 1 is 1.00 bits per heavy atom. The van der Waals surface area contributed by atoms with E-state index in [0.29, 0.717) is 53.6 Å². The van der Waals surface area contributed by atoms with Crippen molar-refractivity contribution in [3.8, 4) is 6.07 Å². The Balaban J connectivity index is 1.29. The number of nitrogens with zero attached hydrogens (tertiary/aromatic N) is 3. The molecule has 3 aliphatic heterocycles. The quantitative estimate of drug-likeness (QED) is 0.525. The minimum atomic E-state index is -0.206. The largest absolute Gasteiger partial charge is 0.349 e. The Bertz CT molecular complexity index is 845. The fourth-order valence-corrected chi connectivity index (χ4v) is 9.16. The molecule has 208 valence electrons. The summed E-state index contributed by atoms with van der Waals surface area (Å²) in [4.78, 5) is 14.5. The highest BCUT2D eigenvalue weighted by Crippen LogP contribution is 2.49. The summed E-state index contributed by atoms with van der Waals surface area (Å²) in [6.07, 6.45) is 9.82. The Kier molecular flexibility index (Phi) is 8.22. The molecule has 5 aliphatic rings. The molecule has 0 aromatic carbocycles. The number of likely N-dealkylation sites (N-methyl/N-ethyl adjacent to an activating group) is 1. The van der Waals surface area contributed by atoms with Crippen LogP contribution in [0, 0.1) is 58.2 Å². The van der Waals surface area contributed by atoms with Crippen molar-refractivity contribution in [2.24, 2.45) is 46.8 Å². The normalized spacial score (nSPS) is 42.9. The number of hydrogen-bond donors (Lipinski definition) is 3. The maximum absolute atomic E-state index is 12.7. The number of rotatable bonds is 5. The van der Waals surface area contributed by atoms with Gasteiger partial charge in [0, 0.05) is 51.9 Å². The standard InChI is InChI=1S/C30H52N6O/c1-6-36-26-17-33-25-12-9-20(21-13-22(16-32-15-21)29(37)35(4)5)14-24(25)27(26)28(34-36)19-7-10-23(11-8-19)30(2,3)18-31/h19-28,32-34H,6-17H2,1-5H3. The van der Waals surface area contributed by atoms with E-state index in [4.69, 9.17) is 0 Å². The summed E-state index contributed by atoms with van der Waals surface area (Å²) in [6.45, 7) is 10.6. The molecule has 5 rings (SSSR count). The lowest BCUT2D eigenvalue weighted by Crippen LogP contribution is -2.59. The van der Waals surface area contributed by atoms with E-state index in [1.54, 1.807) is 4.90 Å². The van der Waals surface area contributed by atoms with Crippen molar-refractivity contribution in [1.82, 2.24) is 26.0 Å². The highest BCUT2D eigenvalue weighted by atomic mass is 16.2. The van der Waals surface area contributed by atoms with Crippen LogP contribution in [0.1, 0.15) is 72.1 Å². The van der Waals surface area contributed by atoms with Crippen LogP contribution in [-0.4, -0.2) is 74.2 Å². The second-order valence-corrected chi connectivity index (χ2v) is 13.9. The van der Waals surface area contributed by atoms with Gasteiger partial charge in [-0.15, -0.1) is 0 Å². The van der Waals surface area contributed by atoms with Gasteiger partial charge in [-0.25, -0.2) is 5.01 Å². The van der Waals surface area contributed by atoms with Crippen molar-refractivity contribution in [2.75, 3.05) is 40.3 Å². The molecule has 5 fully saturated rings. The average molecular weight is 513 g/mol. The van der Waals surface area contributed by atoms with Gasteiger partial charge in [0.25, 0.3) is 0 Å².